The second-order valence-electron chi connectivity index (χ2n) is 5.75. The predicted molar refractivity (Wildman–Crippen MR) is 87.9 cm³/mol. The zero-order valence-corrected chi connectivity index (χ0v) is 12.5. The third-order valence-electron chi connectivity index (χ3n) is 4.20. The summed E-state index contributed by atoms with van der Waals surface area (Å²) in [5.41, 5.74) is 3.56. The molecule has 0 atom stereocenters. The first-order valence-corrected chi connectivity index (χ1v) is 7.70. The van der Waals surface area contributed by atoms with E-state index in [0.29, 0.717) is 17.0 Å². The average Bonchev–Trinajstić information content (AvgIpc) is 3.23. The number of fused-ring (bicyclic) bond motifs is 1. The van der Waals surface area contributed by atoms with Gasteiger partial charge in [0.15, 0.2) is 5.58 Å². The first-order valence-electron chi connectivity index (χ1n) is 7.70. The number of oxazole rings is 1. The first kappa shape index (κ1) is 13.8. The normalized spacial score (nSPS) is 14.5. The van der Waals surface area contributed by atoms with Gasteiger partial charge in [0.2, 0.25) is 5.89 Å². The quantitative estimate of drug-likeness (QED) is 0.797. The number of hydrogen-bond donors (Lipinski definition) is 1. The smallest absolute Gasteiger partial charge is 0.335 e. The van der Waals surface area contributed by atoms with Crippen LogP contribution in [0.25, 0.3) is 22.6 Å². The van der Waals surface area contributed by atoms with Crippen LogP contribution in [-0.2, 0) is 0 Å². The van der Waals surface area contributed by atoms with Crippen LogP contribution >= 0.6 is 0 Å². The molecular formula is C18H16N2O3. The standard InChI is InChI=1S/C18H16N2O3/c21-18(22)13-5-3-4-12(10-13)17-19-15-11-14(6-7-16(15)23-17)20-8-1-2-9-20/h3-7,10-11H,1-2,8-9H2,(H,21,22). The maximum Gasteiger partial charge on any atom is 0.335 e. The SMILES string of the molecule is O=C(O)c1cccc(-c2nc3cc(N4CCCC4)ccc3o2)c1. The van der Waals surface area contributed by atoms with E-state index in [1.54, 1.807) is 24.3 Å². The van der Waals surface area contributed by atoms with Crippen LogP contribution in [0.2, 0.25) is 0 Å². The lowest BCUT2D eigenvalue weighted by atomic mass is 10.1. The lowest BCUT2D eigenvalue weighted by molar-refractivity contribution is 0.0697. The molecule has 1 N–H and O–H groups in total. The van der Waals surface area contributed by atoms with Gasteiger partial charge in [0.05, 0.1) is 5.56 Å². The fourth-order valence-electron chi connectivity index (χ4n) is 3.00. The molecule has 5 nitrogen and oxygen atoms in total. The molecule has 0 unspecified atom stereocenters. The van der Waals surface area contributed by atoms with E-state index in [4.69, 9.17) is 9.52 Å². The van der Waals surface area contributed by atoms with E-state index >= 15 is 0 Å². The molecular weight excluding hydrogens is 292 g/mol. The van der Waals surface area contributed by atoms with Crippen LogP contribution in [-0.4, -0.2) is 29.1 Å². The largest absolute Gasteiger partial charge is 0.478 e. The predicted octanol–water partition coefficient (Wildman–Crippen LogP) is 3.79. The molecule has 0 bridgehead atoms. The molecule has 0 aliphatic carbocycles. The van der Waals surface area contributed by atoms with Gasteiger partial charge in [0, 0.05) is 24.3 Å². The van der Waals surface area contributed by atoms with Crippen molar-refractivity contribution in [3.63, 3.8) is 0 Å². The molecule has 2 aromatic carbocycles. The van der Waals surface area contributed by atoms with E-state index < -0.39 is 5.97 Å². The molecule has 0 radical (unpaired) electrons. The van der Waals surface area contributed by atoms with Gasteiger partial charge in [-0.3, -0.25) is 0 Å². The maximum absolute atomic E-state index is 11.1. The Bertz CT molecular complexity index is 879. The molecule has 0 amide bonds. The Labute approximate surface area is 133 Å². The van der Waals surface area contributed by atoms with E-state index in [2.05, 4.69) is 16.0 Å². The minimum absolute atomic E-state index is 0.225. The van der Waals surface area contributed by atoms with Crippen LogP contribution < -0.4 is 4.90 Å². The number of benzene rings is 2. The summed E-state index contributed by atoms with van der Waals surface area (Å²) >= 11 is 0. The highest BCUT2D eigenvalue weighted by Crippen LogP contribution is 2.29. The fraction of sp³-hybridized carbons (Fsp3) is 0.222. The summed E-state index contributed by atoms with van der Waals surface area (Å²) in [6.45, 7) is 2.16. The number of aromatic nitrogens is 1. The van der Waals surface area contributed by atoms with E-state index in [-0.39, 0.29) is 5.56 Å². The van der Waals surface area contributed by atoms with Gasteiger partial charge < -0.3 is 14.4 Å². The van der Waals surface area contributed by atoms with Crippen molar-refractivity contribution in [1.29, 1.82) is 0 Å². The number of hydrogen-bond acceptors (Lipinski definition) is 4. The van der Waals surface area contributed by atoms with Crippen LogP contribution in [0.1, 0.15) is 23.2 Å². The van der Waals surface area contributed by atoms with Crippen molar-refractivity contribution in [1.82, 2.24) is 4.98 Å². The van der Waals surface area contributed by atoms with Gasteiger partial charge in [-0.15, -0.1) is 0 Å². The Kier molecular flexibility index (Phi) is 3.26. The van der Waals surface area contributed by atoms with Crippen molar-refractivity contribution in [3.05, 3.63) is 48.0 Å². The molecule has 1 aliphatic heterocycles. The van der Waals surface area contributed by atoms with Crippen molar-refractivity contribution in [2.45, 2.75) is 12.8 Å². The van der Waals surface area contributed by atoms with Crippen LogP contribution in [0.4, 0.5) is 5.69 Å². The molecule has 1 saturated heterocycles. The maximum atomic E-state index is 11.1. The van der Waals surface area contributed by atoms with Crippen LogP contribution in [0.3, 0.4) is 0 Å². The minimum atomic E-state index is -0.959. The summed E-state index contributed by atoms with van der Waals surface area (Å²) in [4.78, 5) is 18.0. The zero-order chi connectivity index (χ0) is 15.8. The second-order valence-corrected chi connectivity index (χ2v) is 5.75. The summed E-state index contributed by atoms with van der Waals surface area (Å²) in [6.07, 6.45) is 2.45. The van der Waals surface area contributed by atoms with Crippen LogP contribution in [0.15, 0.2) is 46.9 Å². The topological polar surface area (TPSA) is 66.6 Å². The molecule has 4 rings (SSSR count). The molecule has 116 valence electrons. The summed E-state index contributed by atoms with van der Waals surface area (Å²) in [6, 6.07) is 12.7. The second kappa shape index (κ2) is 5.43. The van der Waals surface area contributed by atoms with Crippen molar-refractivity contribution in [2.75, 3.05) is 18.0 Å². The number of carboxylic acid groups (broad SMARTS) is 1. The Balaban J connectivity index is 1.73. The zero-order valence-electron chi connectivity index (χ0n) is 12.5. The van der Waals surface area contributed by atoms with E-state index in [1.807, 2.05) is 12.1 Å². The molecule has 2 heterocycles. The molecule has 5 heteroatoms. The third-order valence-corrected chi connectivity index (χ3v) is 4.20. The van der Waals surface area contributed by atoms with Gasteiger partial charge in [-0.05, 0) is 49.2 Å². The monoisotopic (exact) mass is 308 g/mol. The molecule has 0 spiro atoms. The van der Waals surface area contributed by atoms with Crippen molar-refractivity contribution in [3.8, 4) is 11.5 Å². The summed E-state index contributed by atoms with van der Waals surface area (Å²) in [7, 11) is 0. The van der Waals surface area contributed by atoms with Gasteiger partial charge in [-0.1, -0.05) is 6.07 Å². The van der Waals surface area contributed by atoms with E-state index in [1.165, 1.54) is 12.8 Å². The van der Waals surface area contributed by atoms with Crippen molar-refractivity contribution in [2.24, 2.45) is 0 Å². The number of anilines is 1. The number of nitrogens with zero attached hydrogens (tertiary/aromatic N) is 2. The molecule has 1 aliphatic rings. The number of aromatic carboxylic acids is 1. The van der Waals surface area contributed by atoms with E-state index in [9.17, 15) is 4.79 Å². The van der Waals surface area contributed by atoms with Gasteiger partial charge in [0.1, 0.15) is 5.52 Å². The lowest BCUT2D eigenvalue weighted by Crippen LogP contribution is -2.17. The Morgan fingerprint density at radius 1 is 1.13 bits per heavy atom. The highest BCUT2D eigenvalue weighted by Gasteiger charge is 2.15. The minimum Gasteiger partial charge on any atom is -0.478 e. The summed E-state index contributed by atoms with van der Waals surface area (Å²) < 4.78 is 5.78. The van der Waals surface area contributed by atoms with Gasteiger partial charge >= 0.3 is 5.97 Å². The van der Waals surface area contributed by atoms with Gasteiger partial charge in [-0.25, -0.2) is 9.78 Å². The highest BCUT2D eigenvalue weighted by atomic mass is 16.4. The summed E-state index contributed by atoms with van der Waals surface area (Å²) in [5.74, 6) is -0.513. The Morgan fingerprint density at radius 2 is 1.96 bits per heavy atom. The molecule has 3 aromatic rings. The fourth-order valence-corrected chi connectivity index (χ4v) is 3.00. The Morgan fingerprint density at radius 3 is 2.74 bits per heavy atom. The number of carbonyl (C=O) groups is 1. The van der Waals surface area contributed by atoms with Crippen LogP contribution in [0.5, 0.6) is 0 Å². The van der Waals surface area contributed by atoms with Gasteiger partial charge in [-0.2, -0.15) is 0 Å². The molecule has 1 fully saturated rings. The van der Waals surface area contributed by atoms with Crippen molar-refractivity contribution >= 4 is 22.8 Å². The molecule has 1 aromatic heterocycles. The molecule has 0 saturated carbocycles. The summed E-state index contributed by atoms with van der Waals surface area (Å²) in [5, 5.41) is 9.10. The van der Waals surface area contributed by atoms with Crippen LogP contribution in [0, 0.1) is 0 Å². The average molecular weight is 308 g/mol. The van der Waals surface area contributed by atoms with Gasteiger partial charge in [0.25, 0.3) is 0 Å². The number of rotatable bonds is 3. The first-order chi connectivity index (χ1) is 11.2. The third kappa shape index (κ3) is 2.54. The van der Waals surface area contributed by atoms with E-state index in [0.717, 1.165) is 24.3 Å². The highest BCUT2D eigenvalue weighted by molar-refractivity contribution is 5.89. The number of carboxylic acids is 1. The lowest BCUT2D eigenvalue weighted by Gasteiger charge is -2.16. The Hall–Kier alpha value is -2.82. The molecule has 23 heavy (non-hydrogen) atoms. The van der Waals surface area contributed by atoms with Crippen molar-refractivity contribution < 1.29 is 14.3 Å².